The monoisotopic (exact) mass is 652 g/mol. The van der Waals surface area contributed by atoms with Crippen LogP contribution in [0.15, 0.2) is 24.3 Å². The van der Waals surface area contributed by atoms with Gasteiger partial charge in [-0.2, -0.15) is 6.42 Å². The van der Waals surface area contributed by atoms with E-state index in [1.807, 2.05) is 0 Å². The van der Waals surface area contributed by atoms with Crippen LogP contribution < -0.4 is 0 Å². The summed E-state index contributed by atoms with van der Waals surface area (Å²) in [6, 6.07) is 8.61. The molecule has 0 nitrogen and oxygen atoms in total. The van der Waals surface area contributed by atoms with Crippen LogP contribution in [0.5, 0.6) is 0 Å². The molecule has 0 saturated heterocycles. The summed E-state index contributed by atoms with van der Waals surface area (Å²) in [5, 5.41) is 0. The fourth-order valence-electron chi connectivity index (χ4n) is 1.41. The maximum atomic E-state index is 3.92. The van der Waals surface area contributed by atoms with Gasteiger partial charge in [-0.05, 0) is 18.4 Å². The Morgan fingerprint density at radius 1 is 1.13 bits per heavy atom. The number of hydrogen-bond donors (Lipinski definition) is 0. The second-order valence-electron chi connectivity index (χ2n) is 3.12. The van der Waals surface area contributed by atoms with Crippen LogP contribution in [0, 0.1) is 76.6 Å². The van der Waals surface area contributed by atoms with Gasteiger partial charge < -0.3 is 14.4 Å². The van der Waals surface area contributed by atoms with Gasteiger partial charge in [-0.15, -0.1) is 0 Å². The van der Waals surface area contributed by atoms with Crippen LogP contribution in [0.25, 0.3) is 0 Å². The normalized spacial score (nSPS) is 8.13. The van der Waals surface area contributed by atoms with Gasteiger partial charge in [0.1, 0.15) is 0 Å². The van der Waals surface area contributed by atoms with Gasteiger partial charge in [0, 0.05) is 31.1 Å². The smallest absolute Gasteiger partial charge is 0.358 e. The molecule has 1 aromatic rings. The Morgan fingerprint density at radius 3 is 2.13 bits per heavy atom. The van der Waals surface area contributed by atoms with E-state index in [-0.39, 0.29) is 69.7 Å². The molecule has 0 aliphatic rings. The number of hydrogen-bond acceptors (Lipinski definition) is 0. The fraction of sp³-hybridized carbons (Fsp3) is 0.385. The van der Waals surface area contributed by atoms with Gasteiger partial charge in [0.15, 0.2) is 0 Å². The van der Waals surface area contributed by atoms with Crippen molar-refractivity contribution in [1.29, 1.82) is 0 Å². The molecule has 0 spiro atoms. The quantitative estimate of drug-likeness (QED) is 0.434. The van der Waals surface area contributed by atoms with E-state index < -0.39 is 0 Å². The predicted octanol–water partition coefficient (Wildman–Crippen LogP) is 3.86. The summed E-state index contributed by atoms with van der Waals surface area (Å²) in [6.07, 6.45) is 4.69. The average molecular weight is 652 g/mol. The Labute approximate surface area is 143 Å². The summed E-state index contributed by atoms with van der Waals surface area (Å²) >= 11 is 0. The summed E-state index contributed by atoms with van der Waals surface area (Å²) < 4.78 is 0. The third-order valence-corrected chi connectivity index (χ3v) is 2.19. The van der Waals surface area contributed by atoms with Gasteiger partial charge in [-0.25, -0.2) is 0 Å². The van der Waals surface area contributed by atoms with Crippen LogP contribution in [0.4, 0.5) is 0 Å². The number of unbranched alkanes of at least 4 members (excludes halogenated alkanes) is 1. The van der Waals surface area contributed by atoms with Gasteiger partial charge >= 0.3 is 31.1 Å². The Morgan fingerprint density at radius 2 is 1.67 bits per heavy atom. The van der Waals surface area contributed by atoms with E-state index in [0.29, 0.717) is 0 Å². The Balaban J connectivity index is -0.000000480. The van der Waals surface area contributed by atoms with Crippen molar-refractivity contribution >= 4 is 0 Å². The minimum absolute atomic E-state index is 0. The van der Waals surface area contributed by atoms with Crippen LogP contribution >= 0.6 is 0 Å². The maximum Gasteiger partial charge on any atom is 2.00 e. The molecule has 0 bridgehead atoms. The Bertz CT molecular complexity index is 234. The van der Waals surface area contributed by atoms with E-state index in [9.17, 15) is 0 Å². The minimum atomic E-state index is 0. The van der Waals surface area contributed by atoms with E-state index >= 15 is 0 Å². The van der Waals surface area contributed by atoms with Crippen LogP contribution in [-0.2, 0) is 12.8 Å². The summed E-state index contributed by atoms with van der Waals surface area (Å²) in [5.41, 5.74) is 2.89. The van der Waals surface area contributed by atoms with Crippen molar-refractivity contribution in [3.05, 3.63) is 49.7 Å². The molecule has 0 atom stereocenters. The van der Waals surface area contributed by atoms with Crippen molar-refractivity contribution in [3.8, 4) is 0 Å². The molecule has 1 rings (SSSR count). The van der Waals surface area contributed by atoms with E-state index in [1.54, 1.807) is 0 Å². The van der Waals surface area contributed by atoms with Gasteiger partial charge in [0.25, 0.3) is 0 Å². The largest absolute Gasteiger partial charge is 2.00 e. The van der Waals surface area contributed by atoms with E-state index in [4.69, 9.17) is 0 Å². The minimum Gasteiger partial charge on any atom is -0.358 e. The Hall–Kier alpha value is 1.32. The third kappa shape index (κ3) is 8.10. The van der Waals surface area contributed by atoms with Crippen molar-refractivity contribution in [1.82, 2.24) is 0 Å². The number of benzene rings is 1. The maximum absolute atomic E-state index is 3.92. The molecule has 0 aliphatic carbocycles. The SMILES string of the molecule is [CH2-]Cc1ccccc1CCCC.[CH3-].[U+2].[U]. The molecule has 15 heavy (non-hydrogen) atoms. The molecule has 0 heterocycles. The number of rotatable bonds is 4. The molecule has 0 N–H and O–H groups in total. The first-order chi connectivity index (χ1) is 5.88. The first-order valence-corrected chi connectivity index (χ1v) is 4.74. The fourth-order valence-corrected chi connectivity index (χ4v) is 1.41. The Kier molecular flexibility index (Phi) is 19.3. The second kappa shape index (κ2) is 13.4. The zero-order chi connectivity index (χ0) is 8.81. The standard InChI is InChI=1S/C12H17.CH3.2U/c1-3-5-8-12-10-7-6-9-11(12)4-2;;;/h6-7,9-10H,2-5,8H2,1H3;1H3;;/q2*-1;;+2. The molecule has 0 amide bonds. The van der Waals surface area contributed by atoms with Gasteiger partial charge in [-0.1, -0.05) is 43.2 Å². The zero-order valence-electron chi connectivity index (χ0n) is 9.84. The molecule has 0 radical (unpaired) electrons. The van der Waals surface area contributed by atoms with Crippen LogP contribution in [0.3, 0.4) is 0 Å². The topological polar surface area (TPSA) is 0 Å². The van der Waals surface area contributed by atoms with Gasteiger partial charge in [-0.3, -0.25) is 0 Å². The van der Waals surface area contributed by atoms with Crippen LogP contribution in [-0.4, -0.2) is 0 Å². The van der Waals surface area contributed by atoms with Crippen molar-refractivity contribution in [2.75, 3.05) is 0 Å². The van der Waals surface area contributed by atoms with Gasteiger partial charge in [0.2, 0.25) is 0 Å². The van der Waals surface area contributed by atoms with Crippen molar-refractivity contribution in [3.63, 3.8) is 0 Å². The summed E-state index contributed by atoms with van der Waals surface area (Å²) in [7, 11) is 0. The molecule has 0 saturated carbocycles. The molecular formula is C13H20U2. The van der Waals surface area contributed by atoms with Crippen molar-refractivity contribution in [2.45, 2.75) is 32.6 Å². The predicted molar refractivity (Wildman–Crippen MR) is 60.5 cm³/mol. The molecule has 0 fully saturated rings. The molecular weight excluding hydrogens is 632 g/mol. The molecule has 80 valence electrons. The molecule has 2 heteroatoms. The van der Waals surface area contributed by atoms with Crippen LogP contribution in [0.1, 0.15) is 30.9 Å². The van der Waals surface area contributed by atoms with E-state index in [1.165, 1.54) is 30.4 Å². The summed E-state index contributed by atoms with van der Waals surface area (Å²) in [5.74, 6) is 0. The van der Waals surface area contributed by atoms with E-state index in [2.05, 4.69) is 38.1 Å². The first kappa shape index (κ1) is 21.6. The summed E-state index contributed by atoms with van der Waals surface area (Å²) in [6.45, 7) is 6.15. The third-order valence-electron chi connectivity index (χ3n) is 2.19. The van der Waals surface area contributed by atoms with Crippen molar-refractivity contribution < 1.29 is 62.2 Å². The average Bonchev–Trinajstić information content (AvgIpc) is 2.15. The van der Waals surface area contributed by atoms with Gasteiger partial charge in [0.05, 0.1) is 0 Å². The molecule has 0 aliphatic heterocycles. The molecule has 0 aromatic heterocycles. The van der Waals surface area contributed by atoms with E-state index in [0.717, 1.165) is 6.42 Å². The molecule has 1 aromatic carbocycles. The van der Waals surface area contributed by atoms with Crippen LogP contribution in [0.2, 0.25) is 0 Å². The van der Waals surface area contributed by atoms with Crippen molar-refractivity contribution in [2.24, 2.45) is 0 Å². The summed E-state index contributed by atoms with van der Waals surface area (Å²) in [4.78, 5) is 0. The number of aryl methyl sites for hydroxylation is 1. The first-order valence-electron chi connectivity index (χ1n) is 4.74. The second-order valence-corrected chi connectivity index (χ2v) is 3.12. The molecule has 0 unspecified atom stereocenters. The zero-order valence-corrected chi connectivity index (χ0v) is 18.2.